The van der Waals surface area contributed by atoms with Crippen molar-refractivity contribution in [2.45, 2.75) is 194 Å². The molecule has 0 aliphatic carbocycles. The van der Waals surface area contributed by atoms with Crippen LogP contribution in [0.5, 0.6) is 0 Å². The summed E-state index contributed by atoms with van der Waals surface area (Å²) in [6.45, 7) is 7.00. The Hall–Kier alpha value is -0.790. The molecule has 0 spiro atoms. The molecule has 1 heterocycles. The van der Waals surface area contributed by atoms with Gasteiger partial charge in [-0.3, -0.25) is 0 Å². The third kappa shape index (κ3) is 22.2. The average Bonchev–Trinajstić information content (AvgIpc) is 3.32. The quantitative estimate of drug-likeness (QED) is 0.0817. The molecule has 2 heteroatoms. The summed E-state index contributed by atoms with van der Waals surface area (Å²) in [5.74, 6) is 0. The first kappa shape index (κ1) is 32.2. The Labute approximate surface area is 221 Å². The van der Waals surface area contributed by atoms with E-state index in [1.54, 1.807) is 0 Å². The van der Waals surface area contributed by atoms with Crippen LogP contribution in [0.4, 0.5) is 0 Å². The lowest BCUT2D eigenvalue weighted by molar-refractivity contribution is -0.696. The molecule has 0 bridgehead atoms. The van der Waals surface area contributed by atoms with Crippen molar-refractivity contribution in [1.82, 2.24) is 4.57 Å². The van der Waals surface area contributed by atoms with Crippen LogP contribution >= 0.6 is 0 Å². The highest BCUT2D eigenvalue weighted by Gasteiger charge is 2.03. The Kier molecular flexibility index (Phi) is 24.2. The largest absolute Gasteiger partial charge is 0.243 e. The minimum atomic E-state index is 1.20. The van der Waals surface area contributed by atoms with Gasteiger partial charge in [0.2, 0.25) is 6.33 Å². The summed E-state index contributed by atoms with van der Waals surface area (Å²) in [7, 11) is 0. The zero-order valence-corrected chi connectivity index (χ0v) is 24.4. The highest BCUT2D eigenvalue weighted by molar-refractivity contribution is 4.66. The Morgan fingerprint density at radius 2 is 0.771 bits per heavy atom. The van der Waals surface area contributed by atoms with Gasteiger partial charge in [0.1, 0.15) is 12.4 Å². The van der Waals surface area contributed by atoms with E-state index in [-0.39, 0.29) is 0 Å². The molecule has 0 saturated carbocycles. The normalized spacial score (nSPS) is 11.5. The summed E-state index contributed by atoms with van der Waals surface area (Å²) < 4.78 is 4.80. The summed E-state index contributed by atoms with van der Waals surface area (Å²) >= 11 is 0. The van der Waals surface area contributed by atoms with E-state index in [1.807, 2.05) is 0 Å². The van der Waals surface area contributed by atoms with Crippen LogP contribution in [0.15, 0.2) is 18.7 Å². The van der Waals surface area contributed by atoms with Crippen LogP contribution in [-0.4, -0.2) is 4.57 Å². The van der Waals surface area contributed by atoms with E-state index in [9.17, 15) is 0 Å². The SMILES string of the molecule is CCCCCCCCCCCCCCCCCCn1cc[n+](CCCCCCCCCCCC)c1. The Bertz CT molecular complexity index is 521. The molecular weight excluding hydrogens is 424 g/mol. The van der Waals surface area contributed by atoms with Crippen molar-refractivity contribution < 1.29 is 4.57 Å². The lowest BCUT2D eigenvalue weighted by Crippen LogP contribution is -2.30. The first-order valence-electron chi connectivity index (χ1n) is 16.4. The van der Waals surface area contributed by atoms with Crippen LogP contribution < -0.4 is 4.57 Å². The second-order valence-electron chi connectivity index (χ2n) is 11.4. The van der Waals surface area contributed by atoms with Gasteiger partial charge in [-0.15, -0.1) is 0 Å². The standard InChI is InChI=1S/C33H65N2/c1-3-5-7-9-11-13-15-16-17-18-19-20-22-24-26-28-30-35-32-31-34(33-35)29-27-25-23-21-14-12-10-8-6-4-2/h31-33H,3-30H2,1-2H3/q+1. The van der Waals surface area contributed by atoms with Gasteiger partial charge in [-0.2, -0.15) is 0 Å². The van der Waals surface area contributed by atoms with Gasteiger partial charge in [-0.1, -0.05) is 155 Å². The summed E-state index contributed by atoms with van der Waals surface area (Å²) in [4.78, 5) is 0. The fraction of sp³-hybridized carbons (Fsp3) is 0.909. The highest BCUT2D eigenvalue weighted by atomic mass is 15.1. The number of rotatable bonds is 28. The van der Waals surface area contributed by atoms with E-state index >= 15 is 0 Å². The monoisotopic (exact) mass is 490 g/mol. The van der Waals surface area contributed by atoms with Crippen molar-refractivity contribution in [3.05, 3.63) is 18.7 Å². The third-order valence-corrected chi connectivity index (χ3v) is 7.79. The average molecular weight is 490 g/mol. The first-order valence-corrected chi connectivity index (χ1v) is 16.4. The number of imidazole rings is 1. The predicted octanol–water partition coefficient (Wildman–Crippen LogP) is 11.0. The van der Waals surface area contributed by atoms with Gasteiger partial charge in [-0.25, -0.2) is 9.13 Å². The van der Waals surface area contributed by atoms with E-state index < -0.39 is 0 Å². The van der Waals surface area contributed by atoms with Crippen molar-refractivity contribution in [1.29, 1.82) is 0 Å². The van der Waals surface area contributed by atoms with Gasteiger partial charge in [0.25, 0.3) is 0 Å². The molecule has 0 radical (unpaired) electrons. The second-order valence-corrected chi connectivity index (χ2v) is 11.4. The second kappa shape index (κ2) is 26.3. The van der Waals surface area contributed by atoms with Crippen molar-refractivity contribution in [2.75, 3.05) is 0 Å². The highest BCUT2D eigenvalue weighted by Crippen LogP contribution is 2.14. The lowest BCUT2D eigenvalue weighted by atomic mass is 10.0. The number of aromatic nitrogens is 2. The molecule has 0 amide bonds. The zero-order chi connectivity index (χ0) is 25.1. The summed E-state index contributed by atoms with van der Waals surface area (Å²) in [6, 6.07) is 0. The molecule has 0 atom stereocenters. The zero-order valence-electron chi connectivity index (χ0n) is 24.4. The number of unbranched alkanes of at least 4 members (excludes halogenated alkanes) is 24. The van der Waals surface area contributed by atoms with Crippen LogP contribution in [0.25, 0.3) is 0 Å². The van der Waals surface area contributed by atoms with Crippen molar-refractivity contribution >= 4 is 0 Å². The van der Waals surface area contributed by atoms with Gasteiger partial charge in [0.05, 0.1) is 13.1 Å². The number of hydrogen-bond acceptors (Lipinski definition) is 0. The van der Waals surface area contributed by atoms with Gasteiger partial charge in [0, 0.05) is 0 Å². The fourth-order valence-corrected chi connectivity index (χ4v) is 5.33. The topological polar surface area (TPSA) is 8.81 Å². The molecule has 206 valence electrons. The number of aryl methyl sites for hydroxylation is 2. The van der Waals surface area contributed by atoms with E-state index in [4.69, 9.17) is 0 Å². The molecule has 2 nitrogen and oxygen atoms in total. The van der Waals surface area contributed by atoms with Crippen molar-refractivity contribution in [2.24, 2.45) is 0 Å². The fourth-order valence-electron chi connectivity index (χ4n) is 5.33. The van der Waals surface area contributed by atoms with E-state index in [2.05, 4.69) is 41.7 Å². The molecule has 0 saturated heterocycles. The van der Waals surface area contributed by atoms with Crippen molar-refractivity contribution in [3.63, 3.8) is 0 Å². The maximum absolute atomic E-state index is 2.40. The van der Waals surface area contributed by atoms with Crippen LogP contribution in [0, 0.1) is 0 Å². The molecule has 0 fully saturated rings. The van der Waals surface area contributed by atoms with E-state index in [1.165, 1.54) is 180 Å². The Morgan fingerprint density at radius 3 is 1.17 bits per heavy atom. The number of nitrogens with zero attached hydrogens (tertiary/aromatic N) is 2. The minimum absolute atomic E-state index is 1.20. The van der Waals surface area contributed by atoms with Crippen LogP contribution in [-0.2, 0) is 13.1 Å². The Morgan fingerprint density at radius 1 is 0.429 bits per heavy atom. The summed E-state index contributed by atoms with van der Waals surface area (Å²) in [6.07, 6.45) is 44.2. The maximum atomic E-state index is 2.40. The molecule has 0 N–H and O–H groups in total. The van der Waals surface area contributed by atoms with Crippen molar-refractivity contribution in [3.8, 4) is 0 Å². The molecule has 0 unspecified atom stereocenters. The van der Waals surface area contributed by atoms with Gasteiger partial charge in [0.15, 0.2) is 0 Å². The molecule has 0 aromatic carbocycles. The van der Waals surface area contributed by atoms with Gasteiger partial charge in [-0.05, 0) is 25.7 Å². The van der Waals surface area contributed by atoms with Crippen LogP contribution in [0.3, 0.4) is 0 Å². The molecular formula is C33H65N2+. The molecule has 35 heavy (non-hydrogen) atoms. The Balaban J connectivity index is 1.81. The molecule has 1 aromatic heterocycles. The summed E-state index contributed by atoms with van der Waals surface area (Å²) in [5, 5.41) is 0. The van der Waals surface area contributed by atoms with Gasteiger partial charge >= 0.3 is 0 Å². The minimum Gasteiger partial charge on any atom is -0.237 e. The van der Waals surface area contributed by atoms with Gasteiger partial charge < -0.3 is 0 Å². The van der Waals surface area contributed by atoms with Crippen LogP contribution in [0.1, 0.15) is 181 Å². The summed E-state index contributed by atoms with van der Waals surface area (Å²) in [5.41, 5.74) is 0. The molecule has 1 rings (SSSR count). The first-order chi connectivity index (χ1) is 17.4. The third-order valence-electron chi connectivity index (χ3n) is 7.79. The lowest BCUT2D eigenvalue weighted by Gasteiger charge is -2.03. The van der Waals surface area contributed by atoms with Crippen LogP contribution in [0.2, 0.25) is 0 Å². The molecule has 0 aliphatic heterocycles. The smallest absolute Gasteiger partial charge is 0.237 e. The van der Waals surface area contributed by atoms with E-state index in [0.29, 0.717) is 0 Å². The molecule has 1 aromatic rings. The van der Waals surface area contributed by atoms with E-state index in [0.717, 1.165) is 0 Å². The predicted molar refractivity (Wildman–Crippen MR) is 156 cm³/mol. The maximum Gasteiger partial charge on any atom is 0.243 e. The molecule has 0 aliphatic rings. The number of hydrogen-bond donors (Lipinski definition) is 0.